The van der Waals surface area contributed by atoms with Crippen LogP contribution in [0.1, 0.15) is 15.9 Å². The van der Waals surface area contributed by atoms with Crippen molar-refractivity contribution in [2.24, 2.45) is 5.10 Å². The molecule has 0 aliphatic rings. The van der Waals surface area contributed by atoms with Crippen LogP contribution in [0.2, 0.25) is 10.2 Å². The second-order valence-electron chi connectivity index (χ2n) is 6.51. The SMILES string of the molecule is O=C(c1ccc(Cl)cc1)n1c(Cl)c(/C=N/Nc2ccccc2[N+](=O)[O-])c2ccccc21. The predicted octanol–water partition coefficient (Wildman–Crippen LogP) is 5.99. The first kappa shape index (κ1) is 20.6. The highest BCUT2D eigenvalue weighted by Crippen LogP contribution is 2.30. The zero-order valence-corrected chi connectivity index (χ0v) is 17.3. The Morgan fingerprint density at radius 2 is 1.68 bits per heavy atom. The molecule has 4 rings (SSSR count). The second kappa shape index (κ2) is 8.59. The van der Waals surface area contributed by atoms with E-state index in [1.807, 2.05) is 12.1 Å². The van der Waals surface area contributed by atoms with Crippen LogP contribution in [0.15, 0.2) is 77.9 Å². The van der Waals surface area contributed by atoms with Gasteiger partial charge in [-0.3, -0.25) is 24.9 Å². The van der Waals surface area contributed by atoms with Gasteiger partial charge in [0.2, 0.25) is 0 Å². The van der Waals surface area contributed by atoms with Gasteiger partial charge in [-0.2, -0.15) is 5.10 Å². The fraction of sp³-hybridized carbons (Fsp3) is 0. The third-order valence-electron chi connectivity index (χ3n) is 4.63. The number of fused-ring (bicyclic) bond motifs is 1. The number of hydrogen-bond donors (Lipinski definition) is 1. The molecule has 0 bridgehead atoms. The zero-order valence-electron chi connectivity index (χ0n) is 15.8. The molecule has 154 valence electrons. The fourth-order valence-corrected chi connectivity index (χ4v) is 3.61. The van der Waals surface area contributed by atoms with E-state index >= 15 is 0 Å². The number of benzene rings is 3. The van der Waals surface area contributed by atoms with Gasteiger partial charge in [-0.15, -0.1) is 0 Å². The molecule has 0 fully saturated rings. The van der Waals surface area contributed by atoms with E-state index in [4.69, 9.17) is 23.2 Å². The van der Waals surface area contributed by atoms with Crippen molar-refractivity contribution in [3.63, 3.8) is 0 Å². The summed E-state index contributed by atoms with van der Waals surface area (Å²) < 4.78 is 1.40. The maximum Gasteiger partial charge on any atom is 0.294 e. The van der Waals surface area contributed by atoms with Crippen LogP contribution in [0.3, 0.4) is 0 Å². The predicted molar refractivity (Wildman–Crippen MR) is 122 cm³/mol. The second-order valence-corrected chi connectivity index (χ2v) is 7.31. The van der Waals surface area contributed by atoms with Crippen LogP contribution in [0.25, 0.3) is 10.9 Å². The zero-order chi connectivity index (χ0) is 22.0. The first-order valence-electron chi connectivity index (χ1n) is 9.09. The number of halogens is 2. The van der Waals surface area contributed by atoms with Gasteiger partial charge in [-0.25, -0.2) is 0 Å². The summed E-state index contributed by atoms with van der Waals surface area (Å²) in [5.74, 6) is -0.316. The number of carbonyl (C=O) groups is 1. The lowest BCUT2D eigenvalue weighted by Crippen LogP contribution is -2.12. The van der Waals surface area contributed by atoms with E-state index in [0.717, 1.165) is 0 Å². The topological polar surface area (TPSA) is 89.5 Å². The number of aromatic nitrogens is 1. The van der Waals surface area contributed by atoms with Crippen LogP contribution < -0.4 is 5.43 Å². The Labute approximate surface area is 186 Å². The lowest BCUT2D eigenvalue weighted by atomic mass is 10.2. The third-order valence-corrected chi connectivity index (χ3v) is 5.25. The number of hydrazone groups is 1. The summed E-state index contributed by atoms with van der Waals surface area (Å²) in [5.41, 5.74) is 4.34. The monoisotopic (exact) mass is 452 g/mol. The summed E-state index contributed by atoms with van der Waals surface area (Å²) >= 11 is 12.5. The van der Waals surface area contributed by atoms with Crippen LogP contribution in [-0.4, -0.2) is 21.6 Å². The molecule has 0 radical (unpaired) electrons. The van der Waals surface area contributed by atoms with Gasteiger partial charge >= 0.3 is 0 Å². The van der Waals surface area contributed by atoms with Crippen molar-refractivity contribution >= 4 is 57.6 Å². The maximum atomic E-state index is 13.1. The van der Waals surface area contributed by atoms with Gasteiger partial charge in [0.25, 0.3) is 11.6 Å². The molecule has 31 heavy (non-hydrogen) atoms. The molecule has 0 atom stereocenters. The van der Waals surface area contributed by atoms with E-state index in [1.165, 1.54) is 16.8 Å². The van der Waals surface area contributed by atoms with Crippen molar-refractivity contribution in [2.75, 3.05) is 5.43 Å². The molecular weight excluding hydrogens is 439 g/mol. The molecule has 1 heterocycles. The van der Waals surface area contributed by atoms with Crippen molar-refractivity contribution in [3.05, 3.63) is 104 Å². The molecule has 0 saturated heterocycles. The molecule has 4 aromatic rings. The first-order valence-corrected chi connectivity index (χ1v) is 9.84. The standard InChI is InChI=1S/C22H14Cl2N4O3/c23-15-11-9-14(10-12-15)22(29)27-19-7-3-1-5-16(19)17(21(27)24)13-25-26-18-6-2-4-8-20(18)28(30)31/h1-13,26H/b25-13+. The minimum absolute atomic E-state index is 0.105. The minimum Gasteiger partial charge on any atom is -0.272 e. The molecule has 3 aromatic carbocycles. The Bertz CT molecular complexity index is 1330. The highest BCUT2D eigenvalue weighted by Gasteiger charge is 2.20. The summed E-state index contributed by atoms with van der Waals surface area (Å²) in [7, 11) is 0. The highest BCUT2D eigenvalue weighted by atomic mass is 35.5. The van der Waals surface area contributed by atoms with Crippen molar-refractivity contribution < 1.29 is 9.72 Å². The molecule has 0 aliphatic heterocycles. The lowest BCUT2D eigenvalue weighted by Gasteiger charge is -2.06. The maximum absolute atomic E-state index is 13.1. The van der Waals surface area contributed by atoms with Gasteiger partial charge < -0.3 is 0 Å². The number of hydrogen-bond acceptors (Lipinski definition) is 5. The fourth-order valence-electron chi connectivity index (χ4n) is 3.17. The molecule has 0 spiro atoms. The van der Waals surface area contributed by atoms with Gasteiger partial charge in [-0.1, -0.05) is 53.5 Å². The van der Waals surface area contributed by atoms with E-state index in [-0.39, 0.29) is 22.4 Å². The van der Waals surface area contributed by atoms with Gasteiger partial charge in [0.05, 0.1) is 16.7 Å². The quantitative estimate of drug-likeness (QED) is 0.228. The number of nitrogens with zero attached hydrogens (tertiary/aromatic N) is 3. The molecule has 9 heteroatoms. The number of anilines is 1. The molecule has 0 amide bonds. The molecular formula is C22H14Cl2N4O3. The Morgan fingerprint density at radius 1 is 1.00 bits per heavy atom. The van der Waals surface area contributed by atoms with E-state index in [9.17, 15) is 14.9 Å². The van der Waals surface area contributed by atoms with E-state index in [0.29, 0.717) is 27.1 Å². The van der Waals surface area contributed by atoms with Crippen molar-refractivity contribution in [2.45, 2.75) is 0 Å². The van der Waals surface area contributed by atoms with Crippen molar-refractivity contribution in [3.8, 4) is 0 Å². The van der Waals surface area contributed by atoms with Crippen molar-refractivity contribution in [1.29, 1.82) is 0 Å². The van der Waals surface area contributed by atoms with Crippen LogP contribution in [0, 0.1) is 10.1 Å². The Balaban J connectivity index is 1.74. The number of nitro benzene ring substituents is 1. The Kier molecular flexibility index (Phi) is 5.70. The third kappa shape index (κ3) is 4.01. The molecule has 0 saturated carbocycles. The minimum atomic E-state index is -0.499. The number of nitrogens with one attached hydrogen (secondary N) is 1. The van der Waals surface area contributed by atoms with Crippen LogP contribution in [0.4, 0.5) is 11.4 Å². The molecule has 7 nitrogen and oxygen atoms in total. The Hall–Kier alpha value is -3.68. The first-order chi connectivity index (χ1) is 15.0. The smallest absolute Gasteiger partial charge is 0.272 e. The number of carbonyl (C=O) groups excluding carboxylic acids is 1. The molecule has 0 aliphatic carbocycles. The summed E-state index contributed by atoms with van der Waals surface area (Å²) in [6.45, 7) is 0. The van der Waals surface area contributed by atoms with Crippen LogP contribution in [-0.2, 0) is 0 Å². The van der Waals surface area contributed by atoms with E-state index < -0.39 is 4.92 Å². The molecule has 1 N–H and O–H groups in total. The number of para-hydroxylation sites is 3. The largest absolute Gasteiger partial charge is 0.294 e. The molecule has 0 unspecified atom stereocenters. The normalized spacial score (nSPS) is 11.2. The van der Waals surface area contributed by atoms with Gasteiger partial charge in [0.15, 0.2) is 0 Å². The number of nitro groups is 1. The summed E-state index contributed by atoms with van der Waals surface area (Å²) in [6, 6.07) is 19.9. The summed E-state index contributed by atoms with van der Waals surface area (Å²) in [4.78, 5) is 23.8. The number of rotatable bonds is 5. The van der Waals surface area contributed by atoms with E-state index in [1.54, 1.807) is 54.6 Å². The van der Waals surface area contributed by atoms with Crippen LogP contribution in [0.5, 0.6) is 0 Å². The van der Waals surface area contributed by atoms with Gasteiger partial charge in [0.1, 0.15) is 10.8 Å². The van der Waals surface area contributed by atoms with E-state index in [2.05, 4.69) is 10.5 Å². The van der Waals surface area contributed by atoms with Gasteiger partial charge in [0, 0.05) is 27.6 Å². The molecule has 1 aromatic heterocycles. The Morgan fingerprint density at radius 3 is 2.42 bits per heavy atom. The average molecular weight is 453 g/mol. The van der Waals surface area contributed by atoms with Crippen LogP contribution >= 0.6 is 23.2 Å². The summed E-state index contributed by atoms with van der Waals surface area (Å²) in [5, 5.41) is 16.7. The average Bonchev–Trinajstić information content (AvgIpc) is 3.05. The summed E-state index contributed by atoms with van der Waals surface area (Å²) in [6.07, 6.45) is 1.44. The lowest BCUT2D eigenvalue weighted by molar-refractivity contribution is -0.384. The highest BCUT2D eigenvalue weighted by molar-refractivity contribution is 6.36. The van der Waals surface area contributed by atoms with Crippen molar-refractivity contribution in [1.82, 2.24) is 4.57 Å². The van der Waals surface area contributed by atoms with Gasteiger partial charge in [-0.05, 0) is 36.4 Å².